The zero-order chi connectivity index (χ0) is 22.1. The van der Waals surface area contributed by atoms with Gasteiger partial charge >= 0.3 is 0 Å². The summed E-state index contributed by atoms with van der Waals surface area (Å²) in [6, 6.07) is 21.5. The molecule has 0 spiro atoms. The van der Waals surface area contributed by atoms with Gasteiger partial charge in [0.2, 0.25) is 5.91 Å². The van der Waals surface area contributed by atoms with E-state index in [1.54, 1.807) is 0 Å². The third-order valence-corrected chi connectivity index (χ3v) is 6.47. The SMILES string of the molecule is C[C@H](Sc1nnc([C@@H]2COc3ccccc3O2)n1C)C(=O)Nc1ccc2ccccc2c1. The van der Waals surface area contributed by atoms with E-state index in [1.165, 1.54) is 11.8 Å². The summed E-state index contributed by atoms with van der Waals surface area (Å²) < 4.78 is 13.7. The van der Waals surface area contributed by atoms with Crippen molar-refractivity contribution in [1.29, 1.82) is 0 Å². The molecule has 8 heteroatoms. The number of nitrogens with zero attached hydrogens (tertiary/aromatic N) is 3. The van der Waals surface area contributed by atoms with Crippen LogP contribution < -0.4 is 14.8 Å². The molecule has 3 aromatic carbocycles. The van der Waals surface area contributed by atoms with Gasteiger partial charge in [-0.05, 0) is 42.0 Å². The standard InChI is InChI=1S/C24H22N4O3S/c1-15(23(29)25-18-12-11-16-7-3-4-8-17(16)13-18)32-24-27-26-22(28(24)2)21-14-30-19-9-5-6-10-20(19)31-21/h3-13,15,21H,14H2,1-2H3,(H,25,29)/t15-,21-/m0/s1. The second-order valence-electron chi connectivity index (χ2n) is 7.58. The molecule has 32 heavy (non-hydrogen) atoms. The average molecular weight is 447 g/mol. The van der Waals surface area contributed by atoms with Crippen LogP contribution in [-0.2, 0) is 11.8 Å². The topological polar surface area (TPSA) is 78.3 Å². The molecule has 0 fully saturated rings. The maximum atomic E-state index is 12.8. The van der Waals surface area contributed by atoms with Gasteiger partial charge in [0.15, 0.2) is 28.6 Å². The third kappa shape index (κ3) is 4.01. The van der Waals surface area contributed by atoms with Crippen LogP contribution in [-0.4, -0.2) is 32.5 Å². The van der Waals surface area contributed by atoms with E-state index in [0.717, 1.165) is 22.2 Å². The molecule has 1 aromatic heterocycles. The van der Waals surface area contributed by atoms with Crippen LogP contribution in [0.2, 0.25) is 0 Å². The number of para-hydroxylation sites is 2. The summed E-state index contributed by atoms with van der Waals surface area (Å²) in [5, 5.41) is 14.1. The summed E-state index contributed by atoms with van der Waals surface area (Å²) in [6.07, 6.45) is -0.363. The Morgan fingerprint density at radius 3 is 2.66 bits per heavy atom. The number of carbonyl (C=O) groups excluding carboxylic acids is 1. The first-order valence-corrected chi connectivity index (χ1v) is 11.2. The number of carbonyl (C=O) groups is 1. The van der Waals surface area contributed by atoms with E-state index in [2.05, 4.69) is 15.5 Å². The second-order valence-corrected chi connectivity index (χ2v) is 8.88. The number of benzene rings is 3. The number of ether oxygens (including phenoxy) is 2. The van der Waals surface area contributed by atoms with Gasteiger partial charge in [-0.25, -0.2) is 0 Å². The summed E-state index contributed by atoms with van der Waals surface area (Å²) in [4.78, 5) is 12.8. The molecule has 1 aliphatic rings. The molecule has 1 aliphatic heterocycles. The van der Waals surface area contributed by atoms with Crippen molar-refractivity contribution in [3.05, 3.63) is 72.6 Å². The molecule has 0 unspecified atom stereocenters. The minimum atomic E-state index is -0.363. The fourth-order valence-corrected chi connectivity index (χ4v) is 4.40. The number of anilines is 1. The molecule has 0 bridgehead atoms. The molecule has 0 saturated carbocycles. The van der Waals surface area contributed by atoms with Gasteiger partial charge in [0.05, 0.1) is 5.25 Å². The second kappa shape index (κ2) is 8.55. The maximum Gasteiger partial charge on any atom is 0.237 e. The number of rotatable bonds is 5. The molecular formula is C24H22N4O3S. The molecule has 4 aromatic rings. The van der Waals surface area contributed by atoms with Crippen LogP contribution in [0, 0.1) is 0 Å². The normalized spacial score (nSPS) is 16.0. The summed E-state index contributed by atoms with van der Waals surface area (Å²) in [6.45, 7) is 2.21. The summed E-state index contributed by atoms with van der Waals surface area (Å²) in [5.41, 5.74) is 0.770. The van der Waals surface area contributed by atoms with Crippen LogP contribution in [0.4, 0.5) is 5.69 Å². The Balaban J connectivity index is 1.26. The highest BCUT2D eigenvalue weighted by atomic mass is 32.2. The van der Waals surface area contributed by atoms with Crippen molar-refractivity contribution in [3.8, 4) is 11.5 Å². The number of hydrogen-bond acceptors (Lipinski definition) is 6. The molecule has 1 N–H and O–H groups in total. The Morgan fingerprint density at radius 2 is 1.81 bits per heavy atom. The highest BCUT2D eigenvalue weighted by Gasteiger charge is 2.28. The molecular weight excluding hydrogens is 424 g/mol. The van der Waals surface area contributed by atoms with Gasteiger partial charge in [0.1, 0.15) is 6.61 Å². The van der Waals surface area contributed by atoms with Gasteiger partial charge in [-0.2, -0.15) is 0 Å². The first-order chi connectivity index (χ1) is 15.6. The third-order valence-electron chi connectivity index (χ3n) is 5.33. The number of fused-ring (bicyclic) bond motifs is 2. The van der Waals surface area contributed by atoms with E-state index < -0.39 is 0 Å². The Hall–Kier alpha value is -3.52. The lowest BCUT2D eigenvalue weighted by atomic mass is 10.1. The van der Waals surface area contributed by atoms with Gasteiger partial charge in [-0.3, -0.25) is 4.79 Å². The summed E-state index contributed by atoms with van der Waals surface area (Å²) in [7, 11) is 1.87. The van der Waals surface area contributed by atoms with Gasteiger partial charge in [0, 0.05) is 12.7 Å². The number of amides is 1. The molecule has 0 radical (unpaired) electrons. The van der Waals surface area contributed by atoms with Crippen LogP contribution >= 0.6 is 11.8 Å². The molecule has 2 heterocycles. The van der Waals surface area contributed by atoms with Crippen LogP contribution in [0.3, 0.4) is 0 Å². The van der Waals surface area contributed by atoms with E-state index in [1.807, 2.05) is 85.3 Å². The van der Waals surface area contributed by atoms with Gasteiger partial charge in [-0.15, -0.1) is 10.2 Å². The maximum absolute atomic E-state index is 12.8. The Kier molecular flexibility index (Phi) is 5.45. The van der Waals surface area contributed by atoms with Crippen molar-refractivity contribution in [2.75, 3.05) is 11.9 Å². The quantitative estimate of drug-likeness (QED) is 0.452. The lowest BCUT2D eigenvalue weighted by Gasteiger charge is -2.25. The Bertz CT molecular complexity index is 1290. The fraction of sp³-hybridized carbons (Fsp3) is 0.208. The zero-order valence-corrected chi connectivity index (χ0v) is 18.5. The van der Waals surface area contributed by atoms with Crippen LogP contribution in [0.15, 0.2) is 71.9 Å². The first kappa shape index (κ1) is 20.4. The number of thioether (sulfide) groups is 1. The molecule has 0 aliphatic carbocycles. The van der Waals surface area contributed by atoms with E-state index in [0.29, 0.717) is 23.3 Å². The highest BCUT2D eigenvalue weighted by Crippen LogP contribution is 2.36. The van der Waals surface area contributed by atoms with E-state index in [4.69, 9.17) is 9.47 Å². The first-order valence-electron chi connectivity index (χ1n) is 10.3. The number of aromatic nitrogens is 3. The largest absolute Gasteiger partial charge is 0.485 e. The minimum Gasteiger partial charge on any atom is -0.485 e. The van der Waals surface area contributed by atoms with Crippen LogP contribution in [0.25, 0.3) is 10.8 Å². The minimum absolute atomic E-state index is 0.0963. The van der Waals surface area contributed by atoms with Crippen molar-refractivity contribution in [1.82, 2.24) is 14.8 Å². The zero-order valence-electron chi connectivity index (χ0n) is 17.7. The molecule has 162 valence electrons. The monoisotopic (exact) mass is 446 g/mol. The van der Waals surface area contributed by atoms with E-state index in [9.17, 15) is 4.79 Å². The van der Waals surface area contributed by atoms with Crippen molar-refractivity contribution in [2.45, 2.75) is 23.4 Å². The Labute approximate surface area is 189 Å². The molecule has 0 saturated heterocycles. The lowest BCUT2D eigenvalue weighted by Crippen LogP contribution is -2.25. The van der Waals surface area contributed by atoms with Crippen molar-refractivity contribution in [2.24, 2.45) is 7.05 Å². The predicted octanol–water partition coefficient (Wildman–Crippen LogP) is 4.60. The van der Waals surface area contributed by atoms with Gasteiger partial charge < -0.3 is 19.4 Å². The van der Waals surface area contributed by atoms with Crippen LogP contribution in [0.5, 0.6) is 11.5 Å². The van der Waals surface area contributed by atoms with Crippen molar-refractivity contribution in [3.63, 3.8) is 0 Å². The Morgan fingerprint density at radius 1 is 1.06 bits per heavy atom. The smallest absolute Gasteiger partial charge is 0.237 e. The highest BCUT2D eigenvalue weighted by molar-refractivity contribution is 8.00. The lowest BCUT2D eigenvalue weighted by molar-refractivity contribution is -0.115. The average Bonchev–Trinajstić information content (AvgIpc) is 3.18. The fourth-order valence-electron chi connectivity index (χ4n) is 3.58. The number of nitrogens with one attached hydrogen (secondary N) is 1. The number of hydrogen-bond donors (Lipinski definition) is 1. The summed E-state index contributed by atoms with van der Waals surface area (Å²) >= 11 is 1.35. The van der Waals surface area contributed by atoms with Crippen molar-refractivity contribution < 1.29 is 14.3 Å². The van der Waals surface area contributed by atoms with E-state index >= 15 is 0 Å². The van der Waals surface area contributed by atoms with Crippen LogP contribution in [0.1, 0.15) is 18.9 Å². The molecule has 1 amide bonds. The molecule has 2 atom stereocenters. The van der Waals surface area contributed by atoms with Crippen molar-refractivity contribution >= 4 is 34.1 Å². The van der Waals surface area contributed by atoms with Gasteiger partial charge in [-0.1, -0.05) is 54.2 Å². The van der Waals surface area contributed by atoms with Gasteiger partial charge in [0.25, 0.3) is 0 Å². The molecule has 7 nitrogen and oxygen atoms in total. The predicted molar refractivity (Wildman–Crippen MR) is 124 cm³/mol. The molecule has 5 rings (SSSR count). The summed E-state index contributed by atoms with van der Waals surface area (Å²) in [5.74, 6) is 1.97. The van der Waals surface area contributed by atoms with E-state index in [-0.39, 0.29) is 17.3 Å².